The van der Waals surface area contributed by atoms with Gasteiger partial charge in [0.05, 0.1) is 28.8 Å². The van der Waals surface area contributed by atoms with Gasteiger partial charge in [-0.05, 0) is 68.4 Å². The number of amides is 3. The summed E-state index contributed by atoms with van der Waals surface area (Å²) in [4.78, 5) is 69.3. The molecule has 3 aromatic carbocycles. The van der Waals surface area contributed by atoms with E-state index in [1.807, 2.05) is 19.1 Å². The second kappa shape index (κ2) is 12.5. The molecular weight excluding hydrogens is 638 g/mol. The number of carbonyl (C=O) groups excluding carboxylic acids is 4. The van der Waals surface area contributed by atoms with E-state index in [1.54, 1.807) is 61.5 Å². The number of aromatic amines is 1. The Morgan fingerprint density at radius 2 is 1.73 bits per heavy atom. The fraction of sp³-hybridized carbons (Fsp3) is 0.219. The number of halogens is 1. The smallest absolute Gasteiger partial charge is 0.338 e. The number of fused-ring (bicyclic) bond motifs is 2. The standard InChI is InChI=1S/C32H26ClN3O7S2/c1-3-42-31(40)17-6-9-19(10-7-17)34-23(37)15-43-22-13-8-18(33)14-21(22)24-25-27(44-28-26(24)45-32(41)35-28)30(39)36(29(25)38)20-11-4-16(2)5-12-20/h4-14,24-25,27H,3,15H2,1-2H3,(H,34,37)(H,35,41)/t24-,25?,27?/m1/s1. The van der Waals surface area contributed by atoms with Gasteiger partial charge in [-0.25, -0.2) is 9.69 Å². The van der Waals surface area contributed by atoms with E-state index in [-0.39, 0.29) is 29.7 Å². The summed E-state index contributed by atoms with van der Waals surface area (Å²) in [5.74, 6) is -3.01. The number of carbonyl (C=O) groups is 4. The Balaban J connectivity index is 1.28. The first-order valence-corrected chi connectivity index (χ1v) is 16.1. The second-order valence-electron chi connectivity index (χ2n) is 10.4. The van der Waals surface area contributed by atoms with Gasteiger partial charge in [-0.15, -0.1) is 0 Å². The zero-order chi connectivity index (χ0) is 31.8. The quantitative estimate of drug-likeness (QED) is 0.189. The number of nitrogens with one attached hydrogen (secondary N) is 2. The van der Waals surface area contributed by atoms with Crippen LogP contribution in [0.1, 0.15) is 39.2 Å². The molecule has 4 aromatic rings. The van der Waals surface area contributed by atoms with E-state index in [0.29, 0.717) is 37.4 Å². The molecule has 0 bridgehead atoms. The van der Waals surface area contributed by atoms with Crippen molar-refractivity contribution in [1.82, 2.24) is 4.98 Å². The van der Waals surface area contributed by atoms with Crippen LogP contribution in [-0.4, -0.2) is 47.1 Å². The predicted molar refractivity (Wildman–Crippen MR) is 172 cm³/mol. The first-order valence-electron chi connectivity index (χ1n) is 14.0. The van der Waals surface area contributed by atoms with Gasteiger partial charge in [-0.3, -0.25) is 19.2 Å². The molecule has 2 unspecified atom stereocenters. The zero-order valence-electron chi connectivity index (χ0n) is 24.0. The van der Waals surface area contributed by atoms with Gasteiger partial charge in [0, 0.05) is 27.1 Å². The lowest BCUT2D eigenvalue weighted by molar-refractivity contribution is -0.122. The minimum atomic E-state index is -0.852. The van der Waals surface area contributed by atoms with Crippen molar-refractivity contribution in [3.05, 3.63) is 103 Å². The summed E-state index contributed by atoms with van der Waals surface area (Å²) in [7, 11) is 0. The fourth-order valence-corrected chi connectivity index (χ4v) is 8.13. The van der Waals surface area contributed by atoms with E-state index in [1.165, 1.54) is 16.7 Å². The molecule has 6 rings (SSSR count). The Morgan fingerprint density at radius 1 is 1.00 bits per heavy atom. The average molecular weight is 664 g/mol. The number of anilines is 2. The van der Waals surface area contributed by atoms with Crippen molar-refractivity contribution in [2.45, 2.75) is 30.0 Å². The number of rotatable bonds is 8. The summed E-state index contributed by atoms with van der Waals surface area (Å²) in [5.41, 5.74) is 2.74. The molecule has 3 atom stereocenters. The summed E-state index contributed by atoms with van der Waals surface area (Å²) in [6.07, 6.45) is 0. The first kappa shape index (κ1) is 30.6. The lowest BCUT2D eigenvalue weighted by Crippen LogP contribution is -2.32. The normalized spacial score (nSPS) is 18.7. The summed E-state index contributed by atoms with van der Waals surface area (Å²) >= 11 is 8.58. The minimum Gasteiger partial charge on any atom is -0.483 e. The van der Waals surface area contributed by atoms with Crippen LogP contribution in [0, 0.1) is 12.8 Å². The van der Waals surface area contributed by atoms with Crippen LogP contribution in [0.5, 0.6) is 5.75 Å². The van der Waals surface area contributed by atoms with Crippen LogP contribution in [0.25, 0.3) is 0 Å². The Hall–Kier alpha value is -4.39. The molecule has 230 valence electrons. The number of aryl methyl sites for hydroxylation is 1. The van der Waals surface area contributed by atoms with Crippen molar-refractivity contribution in [2.24, 2.45) is 5.92 Å². The SMILES string of the molecule is CCOC(=O)c1ccc(NC(=O)COc2ccc(Cl)cc2[C@H]2c3sc(=O)[nH]c3SC3C(=O)N(c4ccc(C)cc4)C(=O)C32)cc1. The van der Waals surface area contributed by atoms with E-state index in [9.17, 15) is 24.0 Å². The molecule has 0 saturated carbocycles. The van der Waals surface area contributed by atoms with Gasteiger partial charge in [0.25, 0.3) is 5.91 Å². The van der Waals surface area contributed by atoms with E-state index in [4.69, 9.17) is 21.1 Å². The summed E-state index contributed by atoms with van der Waals surface area (Å²) < 4.78 is 11.0. The predicted octanol–water partition coefficient (Wildman–Crippen LogP) is 5.39. The maximum atomic E-state index is 14.0. The van der Waals surface area contributed by atoms with Gasteiger partial charge >= 0.3 is 10.8 Å². The molecule has 0 radical (unpaired) electrons. The number of benzene rings is 3. The Morgan fingerprint density at radius 3 is 2.44 bits per heavy atom. The number of hydrogen-bond acceptors (Lipinski definition) is 9. The molecule has 1 fully saturated rings. The summed E-state index contributed by atoms with van der Waals surface area (Å²) in [6.45, 7) is 3.50. The number of H-pyrrole nitrogens is 1. The Bertz CT molecular complexity index is 1870. The number of ether oxygens (including phenoxy) is 2. The van der Waals surface area contributed by atoms with E-state index < -0.39 is 34.9 Å². The number of hydrogen-bond donors (Lipinski definition) is 2. The van der Waals surface area contributed by atoms with Gasteiger partial charge in [0.15, 0.2) is 6.61 Å². The third kappa shape index (κ3) is 6.00. The molecular formula is C32H26ClN3O7S2. The van der Waals surface area contributed by atoms with Crippen molar-refractivity contribution < 1.29 is 28.7 Å². The highest BCUT2D eigenvalue weighted by Crippen LogP contribution is 2.54. The minimum absolute atomic E-state index is 0.252. The highest BCUT2D eigenvalue weighted by Gasteiger charge is 2.56. The molecule has 1 saturated heterocycles. The van der Waals surface area contributed by atoms with E-state index >= 15 is 0 Å². The lowest BCUT2D eigenvalue weighted by Gasteiger charge is -2.31. The van der Waals surface area contributed by atoms with Gasteiger partial charge in [0.1, 0.15) is 11.0 Å². The molecule has 3 heterocycles. The largest absolute Gasteiger partial charge is 0.483 e. The highest BCUT2D eigenvalue weighted by atomic mass is 35.5. The molecule has 3 amide bonds. The number of aromatic nitrogens is 1. The second-order valence-corrected chi connectivity index (χ2v) is 13.0. The van der Waals surface area contributed by atoms with Crippen molar-refractivity contribution in [2.75, 3.05) is 23.4 Å². The highest BCUT2D eigenvalue weighted by molar-refractivity contribution is 8.00. The number of thiazole rings is 1. The van der Waals surface area contributed by atoms with Gasteiger partial charge in [-0.2, -0.15) is 0 Å². The maximum absolute atomic E-state index is 14.0. The Kier molecular flexibility index (Phi) is 8.54. The van der Waals surface area contributed by atoms with Gasteiger partial charge in [-0.1, -0.05) is 52.4 Å². The molecule has 2 aliphatic heterocycles. The third-order valence-electron chi connectivity index (χ3n) is 7.46. The monoisotopic (exact) mass is 663 g/mol. The van der Waals surface area contributed by atoms with Crippen LogP contribution in [0.3, 0.4) is 0 Å². The molecule has 1 aromatic heterocycles. The number of thioether (sulfide) groups is 1. The van der Waals surface area contributed by atoms with Crippen molar-refractivity contribution >= 4 is 69.8 Å². The van der Waals surface area contributed by atoms with Gasteiger partial charge < -0.3 is 19.8 Å². The van der Waals surface area contributed by atoms with E-state index in [2.05, 4.69) is 10.3 Å². The van der Waals surface area contributed by atoms with Crippen LogP contribution >= 0.6 is 34.7 Å². The van der Waals surface area contributed by atoms with Gasteiger partial charge in [0.2, 0.25) is 11.8 Å². The third-order valence-corrected chi connectivity index (χ3v) is 10.1. The summed E-state index contributed by atoms with van der Waals surface area (Å²) in [5, 5.41) is 2.79. The van der Waals surface area contributed by atoms with Crippen LogP contribution in [0.15, 0.2) is 76.6 Å². The molecule has 2 N–H and O–H groups in total. The zero-order valence-corrected chi connectivity index (χ0v) is 26.4. The van der Waals surface area contributed by atoms with Crippen molar-refractivity contribution in [3.63, 3.8) is 0 Å². The summed E-state index contributed by atoms with van der Waals surface area (Å²) in [6, 6.07) is 18.2. The van der Waals surface area contributed by atoms with Crippen molar-refractivity contribution in [1.29, 1.82) is 0 Å². The first-order chi connectivity index (χ1) is 21.6. The number of imide groups is 1. The topological polar surface area (TPSA) is 135 Å². The van der Waals surface area contributed by atoms with Crippen molar-refractivity contribution in [3.8, 4) is 5.75 Å². The van der Waals surface area contributed by atoms with Crippen LogP contribution in [0.2, 0.25) is 5.02 Å². The Labute approximate surface area is 270 Å². The molecule has 13 heteroatoms. The molecule has 0 spiro atoms. The molecule has 10 nitrogen and oxygen atoms in total. The van der Waals surface area contributed by atoms with Crippen LogP contribution in [0.4, 0.5) is 11.4 Å². The average Bonchev–Trinajstić information content (AvgIpc) is 3.51. The number of esters is 1. The lowest BCUT2D eigenvalue weighted by atomic mass is 9.82. The molecule has 45 heavy (non-hydrogen) atoms. The van der Waals surface area contributed by atoms with E-state index in [0.717, 1.165) is 16.9 Å². The fourth-order valence-electron chi connectivity index (χ4n) is 5.44. The van der Waals surface area contributed by atoms with Crippen LogP contribution < -0.4 is 19.8 Å². The van der Waals surface area contributed by atoms with Crippen LogP contribution in [-0.2, 0) is 19.1 Å². The molecule has 2 aliphatic rings. The maximum Gasteiger partial charge on any atom is 0.338 e. The number of nitrogens with zero attached hydrogens (tertiary/aromatic N) is 1. The molecule has 0 aliphatic carbocycles.